The van der Waals surface area contributed by atoms with Gasteiger partial charge in [0.25, 0.3) is 11.8 Å². The number of nitrogens with one attached hydrogen (secondary N) is 1. The topological polar surface area (TPSA) is 68.2 Å². The number of hydrogen-bond acceptors (Lipinski definition) is 4. The molecule has 0 unspecified atom stereocenters. The van der Waals surface area contributed by atoms with Crippen LogP contribution in [0, 0.1) is 0 Å². The molecule has 0 aliphatic carbocycles. The van der Waals surface area contributed by atoms with Crippen molar-refractivity contribution in [2.45, 2.75) is 19.4 Å². The van der Waals surface area contributed by atoms with Crippen molar-refractivity contribution in [1.82, 2.24) is 20.0 Å². The summed E-state index contributed by atoms with van der Waals surface area (Å²) in [6, 6.07) is 17.6. The molecule has 0 atom stereocenters. The highest BCUT2D eigenvalue weighted by molar-refractivity contribution is 6.21. The van der Waals surface area contributed by atoms with Crippen LogP contribution in [0.15, 0.2) is 59.6 Å². The van der Waals surface area contributed by atoms with Crippen LogP contribution in [0.5, 0.6) is 0 Å². The van der Waals surface area contributed by atoms with E-state index in [1.54, 1.807) is 24.3 Å². The molecule has 168 valence electrons. The van der Waals surface area contributed by atoms with Gasteiger partial charge in [-0.05, 0) is 30.5 Å². The van der Waals surface area contributed by atoms with Gasteiger partial charge in [0.2, 0.25) is 0 Å². The van der Waals surface area contributed by atoms with Crippen LogP contribution in [-0.4, -0.2) is 78.8 Å². The van der Waals surface area contributed by atoms with Crippen molar-refractivity contribution >= 4 is 17.8 Å². The number of amides is 2. The molecule has 0 spiro atoms. The summed E-state index contributed by atoms with van der Waals surface area (Å²) in [6.45, 7) is 6.11. The molecule has 0 saturated carbocycles. The molecule has 32 heavy (non-hydrogen) atoms. The van der Waals surface area contributed by atoms with Crippen LogP contribution in [0.4, 0.5) is 0 Å². The quantitative estimate of drug-likeness (QED) is 0.314. The highest BCUT2D eigenvalue weighted by Crippen LogP contribution is 2.22. The third-order valence-electron chi connectivity index (χ3n) is 6.10. The fourth-order valence-electron chi connectivity index (χ4n) is 4.33. The van der Waals surface area contributed by atoms with Gasteiger partial charge in [-0.15, -0.1) is 0 Å². The van der Waals surface area contributed by atoms with Crippen molar-refractivity contribution in [3.8, 4) is 0 Å². The van der Waals surface area contributed by atoms with Crippen molar-refractivity contribution in [3.63, 3.8) is 0 Å². The predicted octanol–water partition coefficient (Wildman–Crippen LogP) is 2.46. The summed E-state index contributed by atoms with van der Waals surface area (Å²) in [5.74, 6) is 0.565. The maximum absolute atomic E-state index is 12.4. The minimum atomic E-state index is -0.178. The minimum Gasteiger partial charge on any atom is -0.356 e. The Kier molecular flexibility index (Phi) is 7.17. The number of carbonyl (C=O) groups excluding carboxylic acids is 2. The fraction of sp³-hybridized carbons (Fsp3) is 0.400. The zero-order chi connectivity index (χ0) is 22.3. The van der Waals surface area contributed by atoms with Crippen LogP contribution in [0.1, 0.15) is 39.1 Å². The molecule has 2 heterocycles. The van der Waals surface area contributed by atoms with E-state index < -0.39 is 0 Å². The van der Waals surface area contributed by atoms with Crippen molar-refractivity contribution in [2.24, 2.45) is 4.99 Å². The average Bonchev–Trinajstić information content (AvgIpc) is 3.08. The Balaban J connectivity index is 1.16. The Morgan fingerprint density at radius 3 is 2.12 bits per heavy atom. The summed E-state index contributed by atoms with van der Waals surface area (Å²) >= 11 is 0. The number of piperazine rings is 1. The van der Waals surface area contributed by atoms with E-state index in [0.29, 0.717) is 17.7 Å². The van der Waals surface area contributed by atoms with Crippen LogP contribution >= 0.6 is 0 Å². The van der Waals surface area contributed by atoms with E-state index in [4.69, 9.17) is 0 Å². The van der Waals surface area contributed by atoms with Crippen LogP contribution in [0.25, 0.3) is 0 Å². The van der Waals surface area contributed by atoms with E-state index in [1.807, 2.05) is 7.05 Å². The monoisotopic (exact) mass is 433 g/mol. The number of nitrogens with zero attached hydrogens (tertiary/aromatic N) is 4. The van der Waals surface area contributed by atoms with Gasteiger partial charge < -0.3 is 10.2 Å². The molecule has 2 aliphatic rings. The molecule has 2 aliphatic heterocycles. The Hall–Kier alpha value is -3.19. The number of fused-ring (bicyclic) bond motifs is 1. The largest absolute Gasteiger partial charge is 0.356 e. The van der Waals surface area contributed by atoms with Crippen LogP contribution < -0.4 is 5.32 Å². The number of carbonyl (C=O) groups is 2. The summed E-state index contributed by atoms with van der Waals surface area (Å²) < 4.78 is 0. The average molecular weight is 434 g/mol. The molecule has 2 aromatic carbocycles. The van der Waals surface area contributed by atoms with Gasteiger partial charge in [0.15, 0.2) is 5.96 Å². The molecule has 0 aromatic heterocycles. The molecule has 2 amide bonds. The van der Waals surface area contributed by atoms with Crippen LogP contribution in [0.3, 0.4) is 0 Å². The van der Waals surface area contributed by atoms with Gasteiger partial charge in [-0.1, -0.05) is 42.5 Å². The number of benzene rings is 2. The maximum atomic E-state index is 12.4. The van der Waals surface area contributed by atoms with Gasteiger partial charge in [0.1, 0.15) is 0 Å². The fourth-order valence-corrected chi connectivity index (χ4v) is 4.33. The molecule has 1 fully saturated rings. The molecular weight excluding hydrogens is 402 g/mol. The summed E-state index contributed by atoms with van der Waals surface area (Å²) in [5.41, 5.74) is 2.38. The number of hydrogen-bond donors (Lipinski definition) is 1. The number of imide groups is 1. The lowest BCUT2D eigenvalue weighted by Gasteiger charge is -2.36. The molecule has 7 heteroatoms. The van der Waals surface area contributed by atoms with E-state index in [1.165, 1.54) is 10.5 Å². The first-order valence-electron chi connectivity index (χ1n) is 11.3. The molecule has 0 radical (unpaired) electrons. The molecule has 4 rings (SSSR count). The highest BCUT2D eigenvalue weighted by Gasteiger charge is 2.34. The van der Waals surface area contributed by atoms with Gasteiger partial charge in [-0.3, -0.25) is 24.4 Å². The van der Waals surface area contributed by atoms with Crippen LogP contribution in [0.2, 0.25) is 0 Å². The minimum absolute atomic E-state index is 0.178. The Morgan fingerprint density at radius 2 is 1.50 bits per heavy atom. The van der Waals surface area contributed by atoms with E-state index in [0.717, 1.165) is 58.1 Å². The van der Waals surface area contributed by atoms with Gasteiger partial charge in [-0.2, -0.15) is 0 Å². The lowest BCUT2D eigenvalue weighted by Crippen LogP contribution is -2.52. The molecule has 2 aromatic rings. The van der Waals surface area contributed by atoms with Crippen molar-refractivity contribution in [1.29, 1.82) is 0 Å². The highest BCUT2D eigenvalue weighted by atomic mass is 16.2. The van der Waals surface area contributed by atoms with Crippen molar-refractivity contribution in [3.05, 3.63) is 71.3 Å². The second kappa shape index (κ2) is 10.4. The summed E-state index contributed by atoms with van der Waals surface area (Å²) in [6.07, 6.45) is 1.63. The molecule has 7 nitrogen and oxygen atoms in total. The van der Waals surface area contributed by atoms with Gasteiger partial charge in [0.05, 0.1) is 11.1 Å². The molecular formula is C25H31N5O2. The number of unbranched alkanes of at least 4 members (excludes halogenated alkanes) is 1. The second-order valence-corrected chi connectivity index (χ2v) is 8.24. The van der Waals surface area contributed by atoms with E-state index in [2.05, 4.69) is 50.4 Å². The predicted molar refractivity (Wildman–Crippen MR) is 126 cm³/mol. The number of rotatable bonds is 7. The first-order valence-corrected chi connectivity index (χ1v) is 11.3. The molecule has 0 bridgehead atoms. The lowest BCUT2D eigenvalue weighted by atomic mass is 10.1. The summed E-state index contributed by atoms with van der Waals surface area (Å²) in [4.78, 5) is 35.4. The van der Waals surface area contributed by atoms with E-state index in [9.17, 15) is 9.59 Å². The summed E-state index contributed by atoms with van der Waals surface area (Å²) in [5, 5.41) is 3.44. The Labute approximate surface area is 189 Å². The zero-order valence-corrected chi connectivity index (χ0v) is 18.7. The standard InChI is InChI=1S/C25H31N5O2/c1-26-25(29-17-15-28(16-18-29)19-20-9-3-2-4-10-20)27-13-7-8-14-30-23(31)21-11-5-6-12-22(21)24(30)32/h2-6,9-12H,7-8,13-19H2,1H3,(H,26,27). The Morgan fingerprint density at radius 1 is 0.875 bits per heavy atom. The Bertz CT molecular complexity index is 932. The SMILES string of the molecule is CN=C(NCCCCN1C(=O)c2ccccc2C1=O)N1CCN(Cc2ccccc2)CC1. The number of guanidine groups is 1. The zero-order valence-electron chi connectivity index (χ0n) is 18.7. The molecule has 1 N–H and O–H groups in total. The van der Waals surface area contributed by atoms with Gasteiger partial charge >= 0.3 is 0 Å². The lowest BCUT2D eigenvalue weighted by molar-refractivity contribution is 0.0652. The van der Waals surface area contributed by atoms with E-state index in [-0.39, 0.29) is 11.8 Å². The van der Waals surface area contributed by atoms with E-state index >= 15 is 0 Å². The van der Waals surface area contributed by atoms with Gasteiger partial charge in [-0.25, -0.2) is 0 Å². The number of aliphatic imine (C=N–C) groups is 1. The van der Waals surface area contributed by atoms with Gasteiger partial charge in [0, 0.05) is 52.9 Å². The summed E-state index contributed by atoms with van der Waals surface area (Å²) in [7, 11) is 1.82. The first kappa shape index (κ1) is 22.0. The normalized spacial score (nSPS) is 17.1. The van der Waals surface area contributed by atoms with Crippen molar-refractivity contribution in [2.75, 3.05) is 46.3 Å². The maximum Gasteiger partial charge on any atom is 0.261 e. The second-order valence-electron chi connectivity index (χ2n) is 8.24. The third-order valence-corrected chi connectivity index (χ3v) is 6.10. The van der Waals surface area contributed by atoms with Crippen molar-refractivity contribution < 1.29 is 9.59 Å². The third kappa shape index (κ3) is 4.99. The van der Waals surface area contributed by atoms with Crippen LogP contribution in [-0.2, 0) is 6.54 Å². The smallest absolute Gasteiger partial charge is 0.261 e. The molecule has 1 saturated heterocycles. The first-order chi connectivity index (χ1) is 15.7.